The van der Waals surface area contributed by atoms with Gasteiger partial charge < -0.3 is 4.74 Å². The molecule has 0 saturated carbocycles. The molecule has 0 amide bonds. The average molecular weight is 366 g/mol. The van der Waals surface area contributed by atoms with Gasteiger partial charge in [-0.1, -0.05) is 17.8 Å². The lowest BCUT2D eigenvalue weighted by molar-refractivity contribution is -0.0369. The summed E-state index contributed by atoms with van der Waals surface area (Å²) in [5.41, 5.74) is 3.49. The fraction of sp³-hybridized carbons (Fsp3) is 0.333. The first-order valence-electron chi connectivity index (χ1n) is 8.70. The van der Waals surface area contributed by atoms with E-state index in [1.165, 1.54) is 11.8 Å². The Labute approximate surface area is 154 Å². The number of hydrogen-bond donors (Lipinski definition) is 0. The van der Waals surface area contributed by atoms with Crippen molar-refractivity contribution in [1.82, 2.24) is 29.4 Å². The fourth-order valence-corrected chi connectivity index (χ4v) is 3.80. The molecule has 1 aliphatic rings. The molecule has 0 aromatic carbocycles. The Morgan fingerprint density at radius 1 is 1.19 bits per heavy atom. The summed E-state index contributed by atoms with van der Waals surface area (Å²) >= 11 is 1.52. The van der Waals surface area contributed by atoms with Crippen molar-refractivity contribution in [3.63, 3.8) is 0 Å². The van der Waals surface area contributed by atoms with Crippen LogP contribution in [0.1, 0.15) is 25.5 Å². The predicted octanol–water partition coefficient (Wildman–Crippen LogP) is 3.56. The first-order chi connectivity index (χ1) is 12.8. The number of ether oxygens (including phenoxy) is 1. The lowest BCUT2D eigenvalue weighted by Gasteiger charge is -2.22. The molecular formula is C18H18N6OS. The molecule has 1 saturated heterocycles. The van der Waals surface area contributed by atoms with Gasteiger partial charge in [0.1, 0.15) is 5.69 Å². The Balaban J connectivity index is 1.78. The van der Waals surface area contributed by atoms with Crippen LogP contribution < -0.4 is 0 Å². The van der Waals surface area contributed by atoms with Crippen molar-refractivity contribution in [2.24, 2.45) is 0 Å². The smallest absolute Gasteiger partial charge is 0.187 e. The van der Waals surface area contributed by atoms with Gasteiger partial charge in [0.2, 0.25) is 0 Å². The average Bonchev–Trinajstić information content (AvgIpc) is 3.26. The molecule has 1 fully saturated rings. The van der Waals surface area contributed by atoms with Crippen LogP contribution in [0, 0.1) is 0 Å². The molecule has 0 radical (unpaired) electrons. The second-order valence-corrected chi connectivity index (χ2v) is 7.05. The molecule has 8 heteroatoms. The standard InChI is InChI=1S/C18H18N6OS/c1-26-18-19-9-8-12(20-18)16-15-13-6-2-4-10-23(13)22-17(15)24(21-16)14-7-3-5-11-25-14/h2,4,6,8-10,14H,3,5,7,11H2,1H3. The third kappa shape index (κ3) is 2.48. The second kappa shape index (κ2) is 6.37. The Morgan fingerprint density at radius 2 is 2.15 bits per heavy atom. The monoisotopic (exact) mass is 366 g/mol. The van der Waals surface area contributed by atoms with Crippen molar-refractivity contribution in [1.29, 1.82) is 0 Å². The van der Waals surface area contributed by atoms with Gasteiger partial charge >= 0.3 is 0 Å². The minimum absolute atomic E-state index is 0.0771. The normalized spacial score (nSPS) is 18.0. The van der Waals surface area contributed by atoms with Crippen molar-refractivity contribution in [3.8, 4) is 11.4 Å². The number of fused-ring (bicyclic) bond motifs is 3. The topological polar surface area (TPSA) is 70.1 Å². The number of thioether (sulfide) groups is 1. The van der Waals surface area contributed by atoms with Crippen molar-refractivity contribution in [2.75, 3.05) is 12.9 Å². The third-order valence-electron chi connectivity index (χ3n) is 4.67. The zero-order valence-corrected chi connectivity index (χ0v) is 15.2. The molecule has 26 heavy (non-hydrogen) atoms. The minimum atomic E-state index is -0.0771. The number of pyridine rings is 1. The number of aromatic nitrogens is 6. The van der Waals surface area contributed by atoms with Crippen LogP contribution >= 0.6 is 11.8 Å². The molecule has 5 rings (SSSR count). The predicted molar refractivity (Wildman–Crippen MR) is 100 cm³/mol. The van der Waals surface area contributed by atoms with Crippen LogP contribution in [-0.2, 0) is 4.74 Å². The van der Waals surface area contributed by atoms with E-state index in [9.17, 15) is 0 Å². The van der Waals surface area contributed by atoms with Gasteiger partial charge in [0.05, 0.1) is 16.6 Å². The maximum Gasteiger partial charge on any atom is 0.187 e. The molecule has 7 nitrogen and oxygen atoms in total. The Hall–Kier alpha value is -2.45. The van der Waals surface area contributed by atoms with Crippen LogP contribution in [0.3, 0.4) is 0 Å². The second-order valence-electron chi connectivity index (χ2n) is 6.27. The number of hydrogen-bond acceptors (Lipinski definition) is 6. The summed E-state index contributed by atoms with van der Waals surface area (Å²) in [6.07, 6.45) is 8.82. The van der Waals surface area contributed by atoms with Gasteiger partial charge in [0.15, 0.2) is 17.0 Å². The highest BCUT2D eigenvalue weighted by molar-refractivity contribution is 7.98. The maximum atomic E-state index is 5.98. The van der Waals surface area contributed by atoms with Gasteiger partial charge in [-0.15, -0.1) is 5.10 Å². The molecule has 1 aliphatic heterocycles. The summed E-state index contributed by atoms with van der Waals surface area (Å²) in [6.45, 7) is 0.763. The van der Waals surface area contributed by atoms with E-state index in [2.05, 4.69) is 16.0 Å². The van der Waals surface area contributed by atoms with E-state index >= 15 is 0 Å². The van der Waals surface area contributed by atoms with E-state index in [1.54, 1.807) is 6.20 Å². The van der Waals surface area contributed by atoms with E-state index in [0.29, 0.717) is 0 Å². The summed E-state index contributed by atoms with van der Waals surface area (Å²) in [5, 5.41) is 11.4. The molecule has 0 N–H and O–H groups in total. The highest BCUT2D eigenvalue weighted by atomic mass is 32.2. The lowest BCUT2D eigenvalue weighted by Crippen LogP contribution is -2.19. The molecule has 0 aliphatic carbocycles. The molecule has 1 atom stereocenters. The van der Waals surface area contributed by atoms with E-state index in [1.807, 2.05) is 39.8 Å². The van der Waals surface area contributed by atoms with Gasteiger partial charge in [-0.25, -0.2) is 19.2 Å². The van der Waals surface area contributed by atoms with E-state index in [-0.39, 0.29) is 6.23 Å². The summed E-state index contributed by atoms with van der Waals surface area (Å²) in [4.78, 5) is 8.94. The van der Waals surface area contributed by atoms with Crippen LogP contribution in [0.25, 0.3) is 27.9 Å². The Morgan fingerprint density at radius 3 is 3.00 bits per heavy atom. The SMILES string of the molecule is CSc1nccc(-c2nn(C3CCCCO3)c3nn4ccccc4c23)n1. The zero-order chi connectivity index (χ0) is 17.5. The van der Waals surface area contributed by atoms with Crippen molar-refractivity contribution in [2.45, 2.75) is 30.6 Å². The van der Waals surface area contributed by atoms with Crippen LogP contribution in [0.2, 0.25) is 0 Å². The van der Waals surface area contributed by atoms with Crippen molar-refractivity contribution < 1.29 is 4.74 Å². The van der Waals surface area contributed by atoms with E-state index in [4.69, 9.17) is 14.9 Å². The maximum absolute atomic E-state index is 5.98. The van der Waals surface area contributed by atoms with Crippen LogP contribution in [0.15, 0.2) is 41.8 Å². The molecule has 5 heterocycles. The van der Waals surface area contributed by atoms with Gasteiger partial charge in [-0.3, -0.25) is 0 Å². The van der Waals surface area contributed by atoms with Crippen molar-refractivity contribution in [3.05, 3.63) is 36.7 Å². The Kier molecular flexibility index (Phi) is 3.86. The molecule has 4 aromatic rings. The zero-order valence-electron chi connectivity index (χ0n) is 14.4. The first kappa shape index (κ1) is 15.8. The summed E-state index contributed by atoms with van der Waals surface area (Å²) in [7, 11) is 0. The third-order valence-corrected chi connectivity index (χ3v) is 5.23. The van der Waals surface area contributed by atoms with Gasteiger partial charge in [-0.05, 0) is 43.7 Å². The highest BCUT2D eigenvalue weighted by Gasteiger charge is 2.25. The Bertz CT molecular complexity index is 1080. The summed E-state index contributed by atoms with van der Waals surface area (Å²) in [6, 6.07) is 7.95. The molecular weight excluding hydrogens is 348 g/mol. The van der Waals surface area contributed by atoms with Crippen LogP contribution in [-0.4, -0.2) is 42.2 Å². The van der Waals surface area contributed by atoms with E-state index in [0.717, 1.165) is 59.0 Å². The first-order valence-corrected chi connectivity index (χ1v) is 9.92. The molecule has 4 aromatic heterocycles. The molecule has 0 bridgehead atoms. The molecule has 132 valence electrons. The molecule has 0 spiro atoms. The summed E-state index contributed by atoms with van der Waals surface area (Å²) < 4.78 is 9.80. The highest BCUT2D eigenvalue weighted by Crippen LogP contribution is 2.34. The van der Waals surface area contributed by atoms with Gasteiger partial charge in [0, 0.05) is 19.0 Å². The minimum Gasteiger partial charge on any atom is -0.356 e. The van der Waals surface area contributed by atoms with E-state index < -0.39 is 0 Å². The van der Waals surface area contributed by atoms with Gasteiger partial charge in [0.25, 0.3) is 0 Å². The number of rotatable bonds is 3. The number of nitrogens with zero attached hydrogens (tertiary/aromatic N) is 6. The van der Waals surface area contributed by atoms with Crippen molar-refractivity contribution >= 4 is 28.3 Å². The summed E-state index contributed by atoms with van der Waals surface area (Å²) in [5.74, 6) is 0. The molecule has 1 unspecified atom stereocenters. The fourth-order valence-electron chi connectivity index (χ4n) is 3.45. The van der Waals surface area contributed by atoms with Crippen LogP contribution in [0.4, 0.5) is 0 Å². The van der Waals surface area contributed by atoms with Gasteiger partial charge in [-0.2, -0.15) is 5.10 Å². The largest absolute Gasteiger partial charge is 0.356 e. The lowest BCUT2D eigenvalue weighted by atomic mass is 10.2. The van der Waals surface area contributed by atoms with Crippen LogP contribution in [0.5, 0.6) is 0 Å². The quantitative estimate of drug-likeness (QED) is 0.408.